The first kappa shape index (κ1) is 28.5. The molecule has 0 saturated carbocycles. The average Bonchev–Trinajstić information content (AvgIpc) is 3.70. The van der Waals surface area contributed by atoms with Crippen molar-refractivity contribution in [3.8, 4) is 22.3 Å². The third kappa shape index (κ3) is 4.58. The zero-order valence-electron chi connectivity index (χ0n) is 25.5. The quantitative estimate of drug-likeness (QED) is 0.196. The van der Waals surface area contributed by atoms with Crippen molar-refractivity contribution in [1.29, 1.82) is 0 Å². The summed E-state index contributed by atoms with van der Waals surface area (Å²) in [6.45, 7) is 6.89. The first-order valence-corrected chi connectivity index (χ1v) is 15.7. The number of fused-ring (bicyclic) bond motifs is 9. The van der Waals surface area contributed by atoms with Crippen LogP contribution >= 0.6 is 0 Å². The summed E-state index contributed by atoms with van der Waals surface area (Å²) in [5.74, 6) is 0.981. The van der Waals surface area contributed by atoms with E-state index < -0.39 is 0 Å². The molecule has 0 radical (unpaired) electrons. The van der Waals surface area contributed by atoms with Gasteiger partial charge in [-0.15, -0.1) is 0 Å². The summed E-state index contributed by atoms with van der Waals surface area (Å²) in [7, 11) is 0. The Morgan fingerprint density at radius 1 is 0.674 bits per heavy atom. The van der Waals surface area contributed by atoms with Gasteiger partial charge in [0.15, 0.2) is 0 Å². The van der Waals surface area contributed by atoms with E-state index in [0.29, 0.717) is 17.3 Å². The Labute approximate surface area is 275 Å². The van der Waals surface area contributed by atoms with E-state index in [4.69, 9.17) is 0 Å². The minimum atomic E-state index is 0. The van der Waals surface area contributed by atoms with E-state index in [2.05, 4.69) is 136 Å². The summed E-state index contributed by atoms with van der Waals surface area (Å²) in [4.78, 5) is 0. The summed E-state index contributed by atoms with van der Waals surface area (Å²) in [6.07, 6.45) is 16.3. The zero-order chi connectivity index (χ0) is 28.4. The monoisotopic (exact) mass is 632 g/mol. The van der Waals surface area contributed by atoms with Crippen LogP contribution in [0.4, 0.5) is 0 Å². The second kappa shape index (κ2) is 11.0. The minimum Gasteiger partial charge on any atom is -0.0763 e. The molecule has 0 heterocycles. The van der Waals surface area contributed by atoms with Gasteiger partial charge in [0.05, 0.1) is 0 Å². The second-order valence-corrected chi connectivity index (χ2v) is 13.3. The number of hydrogen-bond acceptors (Lipinski definition) is 0. The summed E-state index contributed by atoms with van der Waals surface area (Å²) < 4.78 is 0. The van der Waals surface area contributed by atoms with Crippen LogP contribution in [0.15, 0.2) is 120 Å². The second-order valence-electron chi connectivity index (χ2n) is 13.3. The Kier molecular flexibility index (Phi) is 7.30. The van der Waals surface area contributed by atoms with Crippen LogP contribution in [0.1, 0.15) is 74.1 Å². The first-order chi connectivity index (χ1) is 20.5. The third-order valence-electron chi connectivity index (χ3n) is 10.4. The van der Waals surface area contributed by atoms with Crippen molar-refractivity contribution in [2.75, 3.05) is 0 Å². The summed E-state index contributed by atoms with van der Waals surface area (Å²) in [5, 5.41) is 2.95. The van der Waals surface area contributed by atoms with Crippen LogP contribution < -0.4 is 10.4 Å². The summed E-state index contributed by atoms with van der Waals surface area (Å²) >= 11 is 0. The van der Waals surface area contributed by atoms with Gasteiger partial charge in [-0.25, -0.2) is 0 Å². The third-order valence-corrected chi connectivity index (χ3v) is 10.4. The maximum Gasteiger partial charge on any atom is 0.0171 e. The molecule has 0 fully saturated rings. The molecule has 4 aromatic carbocycles. The molecular formula is C42H38Zr. The fourth-order valence-corrected chi connectivity index (χ4v) is 8.61. The summed E-state index contributed by atoms with van der Waals surface area (Å²) in [6, 6.07) is 31.9. The molecule has 0 spiro atoms. The largest absolute Gasteiger partial charge is 0.0763 e. The Morgan fingerprint density at radius 3 is 2.07 bits per heavy atom. The molecule has 210 valence electrons. The molecule has 4 aromatic rings. The van der Waals surface area contributed by atoms with Crippen LogP contribution in [0.2, 0.25) is 0 Å². The van der Waals surface area contributed by atoms with Crippen molar-refractivity contribution < 1.29 is 26.2 Å². The van der Waals surface area contributed by atoms with E-state index >= 15 is 0 Å². The molecule has 43 heavy (non-hydrogen) atoms. The number of benzene rings is 4. The van der Waals surface area contributed by atoms with Gasteiger partial charge in [0, 0.05) is 32.1 Å². The molecule has 5 aliphatic carbocycles. The summed E-state index contributed by atoms with van der Waals surface area (Å²) in [5.41, 5.74) is 16.7. The SMILES string of the molecule is C1=c2c(ccc3c2=CCCC3C2c3ccccc3-c3ccccc32)-c2ccccc2C1.CC1=C2C=CC=C2C(C)(C)C1.[Zr]. The van der Waals surface area contributed by atoms with E-state index in [1.165, 1.54) is 78.9 Å². The van der Waals surface area contributed by atoms with Crippen molar-refractivity contribution in [2.24, 2.45) is 5.41 Å². The van der Waals surface area contributed by atoms with Gasteiger partial charge < -0.3 is 0 Å². The van der Waals surface area contributed by atoms with Crippen LogP contribution in [0.3, 0.4) is 0 Å². The van der Waals surface area contributed by atoms with Gasteiger partial charge in [-0.2, -0.15) is 0 Å². The molecule has 5 aliphatic rings. The molecule has 1 heteroatoms. The Bertz CT molecular complexity index is 1930. The van der Waals surface area contributed by atoms with Crippen LogP contribution in [-0.4, -0.2) is 0 Å². The maximum absolute atomic E-state index is 2.50. The standard InChI is InChI=1S/C31H24.C11H14.Zr/c1-2-9-21-20(8-1)16-17-26-22-14-7-15-30(27(22)19-18-25(21)26)31-28-12-5-3-10-23(28)24-11-4-6-13-29(24)31;1-8-7-11(2,3)10-6-4-5-9(8)10;/h1-6,8-14,17-19,30-31H,7,15-16H2;4-6H,7H2,1-3H3;. The first-order valence-electron chi connectivity index (χ1n) is 15.7. The number of allylic oxidation sites excluding steroid dienone is 6. The normalized spacial score (nSPS) is 19.6. The zero-order valence-corrected chi connectivity index (χ0v) is 27.9. The van der Waals surface area contributed by atoms with E-state index in [-0.39, 0.29) is 26.2 Å². The van der Waals surface area contributed by atoms with E-state index in [0.717, 1.165) is 12.8 Å². The van der Waals surface area contributed by atoms with Gasteiger partial charge in [-0.05, 0) is 110 Å². The van der Waals surface area contributed by atoms with Gasteiger partial charge in [0.25, 0.3) is 0 Å². The molecule has 1 unspecified atom stereocenters. The average molecular weight is 634 g/mol. The van der Waals surface area contributed by atoms with Crippen LogP contribution in [0, 0.1) is 5.41 Å². The maximum atomic E-state index is 2.50. The molecule has 1 atom stereocenters. The van der Waals surface area contributed by atoms with Crippen molar-refractivity contribution in [3.05, 3.63) is 153 Å². The molecule has 0 aliphatic heterocycles. The van der Waals surface area contributed by atoms with Crippen molar-refractivity contribution in [3.63, 3.8) is 0 Å². The molecule has 0 bridgehead atoms. The Morgan fingerprint density at radius 2 is 1.35 bits per heavy atom. The number of hydrogen-bond donors (Lipinski definition) is 0. The number of rotatable bonds is 1. The Balaban J connectivity index is 0.000000212. The van der Waals surface area contributed by atoms with E-state index in [9.17, 15) is 0 Å². The molecule has 0 aromatic heterocycles. The van der Waals surface area contributed by atoms with Crippen molar-refractivity contribution in [2.45, 2.75) is 58.3 Å². The van der Waals surface area contributed by atoms with Crippen LogP contribution in [0.5, 0.6) is 0 Å². The molecule has 0 N–H and O–H groups in total. The van der Waals surface area contributed by atoms with Crippen molar-refractivity contribution in [1.82, 2.24) is 0 Å². The minimum absolute atomic E-state index is 0. The van der Waals surface area contributed by atoms with E-state index in [1.807, 2.05) is 0 Å². The van der Waals surface area contributed by atoms with Gasteiger partial charge in [-0.1, -0.05) is 135 Å². The fraction of sp³-hybridized carbons (Fsp3) is 0.238. The molecular weight excluding hydrogens is 596 g/mol. The molecule has 9 rings (SSSR count). The topological polar surface area (TPSA) is 0 Å². The van der Waals surface area contributed by atoms with Crippen LogP contribution in [-0.2, 0) is 32.6 Å². The van der Waals surface area contributed by atoms with Gasteiger partial charge in [0.2, 0.25) is 0 Å². The molecule has 0 amide bonds. The van der Waals surface area contributed by atoms with Gasteiger partial charge in [0.1, 0.15) is 0 Å². The predicted octanol–water partition coefficient (Wildman–Crippen LogP) is 9.39. The molecule has 0 saturated heterocycles. The Hall–Kier alpha value is -3.28. The molecule has 0 nitrogen and oxygen atoms in total. The van der Waals surface area contributed by atoms with Crippen LogP contribution in [0.25, 0.3) is 34.4 Å². The van der Waals surface area contributed by atoms with E-state index in [1.54, 1.807) is 5.57 Å². The smallest absolute Gasteiger partial charge is 0.0171 e. The van der Waals surface area contributed by atoms with Gasteiger partial charge >= 0.3 is 0 Å². The fourth-order valence-electron chi connectivity index (χ4n) is 8.61. The van der Waals surface area contributed by atoms with Crippen molar-refractivity contribution >= 4 is 12.2 Å². The van der Waals surface area contributed by atoms with Gasteiger partial charge in [-0.3, -0.25) is 0 Å². The predicted molar refractivity (Wildman–Crippen MR) is 178 cm³/mol.